The third-order valence-electron chi connectivity index (χ3n) is 8.39. The van der Waals surface area contributed by atoms with Gasteiger partial charge < -0.3 is 15.7 Å². The Morgan fingerprint density at radius 1 is 1.18 bits per heavy atom. The van der Waals surface area contributed by atoms with Crippen LogP contribution in [0.4, 0.5) is 8.78 Å². The first kappa shape index (κ1) is 26.5. The minimum absolute atomic E-state index is 0.0330. The lowest BCUT2D eigenvalue weighted by molar-refractivity contribution is -0.127. The fourth-order valence-electron chi connectivity index (χ4n) is 6.17. The summed E-state index contributed by atoms with van der Waals surface area (Å²) in [6.45, 7) is 3.83. The van der Waals surface area contributed by atoms with Gasteiger partial charge in [0.15, 0.2) is 11.9 Å². The van der Waals surface area contributed by atoms with Crippen molar-refractivity contribution in [2.24, 2.45) is 11.3 Å². The standard InChI is InChI=1S/C28H33F2N7O3/c1-16(2)37-21(5-8-31-37)26(40)35-24(18-3-6-28(29,30)7-4-18)20-15-36-22(33-20)9-19(14-32-36)25(39)34-23(38)13-27-10-17(11-27)12-27/h5,8-10,14-16,18,24-25,39H,3-4,6-7,11-13H2,1-2H3,(H,34,38)(H,35,40)/t24-,25+/m0/s1. The smallest absolute Gasteiger partial charge is 0.270 e. The van der Waals surface area contributed by atoms with E-state index in [1.54, 1.807) is 29.2 Å². The fourth-order valence-corrected chi connectivity index (χ4v) is 6.17. The highest BCUT2D eigenvalue weighted by Gasteiger charge is 2.49. The van der Waals surface area contributed by atoms with Crippen LogP contribution in [0.5, 0.6) is 0 Å². The van der Waals surface area contributed by atoms with Crippen LogP contribution in [0.15, 0.2) is 42.4 Å². The summed E-state index contributed by atoms with van der Waals surface area (Å²) in [5, 5.41) is 24.9. The van der Waals surface area contributed by atoms with Crippen LogP contribution in [0, 0.1) is 11.3 Å². The van der Waals surface area contributed by atoms with Crippen molar-refractivity contribution in [2.75, 3.05) is 0 Å². The van der Waals surface area contributed by atoms with E-state index in [9.17, 15) is 23.5 Å². The molecule has 3 aromatic rings. The molecule has 0 saturated heterocycles. The van der Waals surface area contributed by atoms with Crippen LogP contribution in [0.25, 0.3) is 5.65 Å². The number of allylic oxidation sites excluding steroid dienone is 2. The maximum atomic E-state index is 14.0. The van der Waals surface area contributed by atoms with Crippen molar-refractivity contribution in [3.05, 3.63) is 59.3 Å². The van der Waals surface area contributed by atoms with Gasteiger partial charge in [0.25, 0.3) is 5.91 Å². The number of hydrogen-bond donors (Lipinski definition) is 3. The highest BCUT2D eigenvalue weighted by atomic mass is 19.3. The largest absolute Gasteiger partial charge is 0.369 e. The van der Waals surface area contributed by atoms with E-state index in [2.05, 4.69) is 31.9 Å². The summed E-state index contributed by atoms with van der Waals surface area (Å²) < 4.78 is 31.1. The maximum absolute atomic E-state index is 14.0. The van der Waals surface area contributed by atoms with E-state index in [0.29, 0.717) is 29.0 Å². The van der Waals surface area contributed by atoms with Crippen molar-refractivity contribution >= 4 is 17.5 Å². The summed E-state index contributed by atoms with van der Waals surface area (Å²) in [5.41, 5.74) is 2.98. The van der Waals surface area contributed by atoms with Crippen molar-refractivity contribution in [3.8, 4) is 0 Å². The van der Waals surface area contributed by atoms with Gasteiger partial charge in [-0.3, -0.25) is 14.3 Å². The molecule has 12 heteroatoms. The Labute approximate surface area is 229 Å². The summed E-state index contributed by atoms with van der Waals surface area (Å²) in [6.07, 6.45) is 7.74. The Kier molecular flexibility index (Phi) is 6.47. The lowest BCUT2D eigenvalue weighted by Gasteiger charge is -2.52. The average Bonchev–Trinajstić information content (AvgIpc) is 3.51. The molecule has 212 valence electrons. The average molecular weight is 554 g/mol. The monoisotopic (exact) mass is 553 g/mol. The Morgan fingerprint density at radius 3 is 2.55 bits per heavy atom. The second kappa shape index (κ2) is 9.76. The Bertz CT molecular complexity index is 1480. The number of hydrogen-bond acceptors (Lipinski definition) is 6. The molecule has 7 rings (SSSR count). The molecule has 0 aliphatic heterocycles. The van der Waals surface area contributed by atoms with Gasteiger partial charge >= 0.3 is 0 Å². The number of fused-ring (bicyclic) bond motifs is 1. The number of amides is 2. The van der Waals surface area contributed by atoms with E-state index in [1.165, 1.54) is 16.3 Å². The number of rotatable bonds is 9. The first-order chi connectivity index (χ1) is 19.0. The van der Waals surface area contributed by atoms with Crippen LogP contribution in [0.3, 0.4) is 0 Å². The fraction of sp³-hybridized carbons (Fsp3) is 0.536. The third-order valence-corrected chi connectivity index (χ3v) is 8.39. The summed E-state index contributed by atoms with van der Waals surface area (Å²) in [6, 6.07) is 2.57. The third kappa shape index (κ3) is 5.00. The second-order valence-electron chi connectivity index (χ2n) is 11.8. The SMILES string of the molecule is CC(C)n1nccc1C(=O)N[C@H](c1cn2ncc([C@@H](O)NC(=O)CC34C=C(C3)C4)cc2n1)C1CCC(F)(F)CC1. The van der Waals surface area contributed by atoms with E-state index in [4.69, 9.17) is 0 Å². The Morgan fingerprint density at radius 2 is 1.90 bits per heavy atom. The number of nitrogens with zero attached hydrogens (tertiary/aromatic N) is 5. The lowest BCUT2D eigenvalue weighted by atomic mass is 9.52. The zero-order valence-corrected chi connectivity index (χ0v) is 22.5. The van der Waals surface area contributed by atoms with Gasteiger partial charge in [0.2, 0.25) is 11.8 Å². The topological polar surface area (TPSA) is 126 Å². The molecule has 2 fully saturated rings. The van der Waals surface area contributed by atoms with Gasteiger partial charge in [-0.05, 0) is 57.6 Å². The summed E-state index contributed by atoms with van der Waals surface area (Å²) >= 11 is 0. The molecule has 0 spiro atoms. The first-order valence-corrected chi connectivity index (χ1v) is 13.8. The zero-order chi connectivity index (χ0) is 28.2. The van der Waals surface area contributed by atoms with Crippen molar-refractivity contribution in [1.82, 2.24) is 35.0 Å². The molecule has 10 nitrogen and oxygen atoms in total. The molecule has 4 aliphatic carbocycles. The van der Waals surface area contributed by atoms with Gasteiger partial charge in [-0.25, -0.2) is 18.3 Å². The van der Waals surface area contributed by atoms with E-state index in [1.807, 2.05) is 13.8 Å². The number of nitrogens with one attached hydrogen (secondary N) is 2. The number of halogens is 2. The number of imidazole rings is 1. The molecule has 3 aromatic heterocycles. The van der Waals surface area contributed by atoms with Gasteiger partial charge in [0, 0.05) is 42.5 Å². The van der Waals surface area contributed by atoms with Crippen LogP contribution in [0.2, 0.25) is 0 Å². The molecule has 0 aromatic carbocycles. The normalized spacial score (nSPS) is 20.8. The van der Waals surface area contributed by atoms with Crippen LogP contribution >= 0.6 is 0 Å². The molecule has 2 saturated carbocycles. The van der Waals surface area contributed by atoms with E-state index in [0.717, 1.165) is 12.8 Å². The van der Waals surface area contributed by atoms with Crippen molar-refractivity contribution in [3.63, 3.8) is 0 Å². The molecule has 2 bridgehead atoms. The molecule has 3 heterocycles. The highest BCUT2D eigenvalue weighted by Crippen LogP contribution is 2.60. The van der Waals surface area contributed by atoms with Crippen molar-refractivity contribution in [2.45, 2.75) is 83.0 Å². The summed E-state index contributed by atoms with van der Waals surface area (Å²) in [7, 11) is 0. The second-order valence-corrected chi connectivity index (χ2v) is 11.8. The van der Waals surface area contributed by atoms with Gasteiger partial charge in [0.05, 0.1) is 24.1 Å². The molecule has 4 aliphatic rings. The summed E-state index contributed by atoms with van der Waals surface area (Å²) in [4.78, 5) is 30.5. The van der Waals surface area contributed by atoms with E-state index >= 15 is 0 Å². The quantitative estimate of drug-likeness (QED) is 0.271. The number of carbonyl (C=O) groups is 2. The number of aliphatic hydroxyl groups is 1. The molecule has 3 N–H and O–H groups in total. The zero-order valence-electron chi connectivity index (χ0n) is 22.5. The molecule has 0 radical (unpaired) electrons. The van der Waals surface area contributed by atoms with Gasteiger partial charge in [-0.1, -0.05) is 11.6 Å². The van der Waals surface area contributed by atoms with Gasteiger partial charge in [-0.15, -0.1) is 0 Å². The number of aliphatic hydroxyl groups excluding tert-OH is 1. The molecule has 2 amide bonds. The minimum Gasteiger partial charge on any atom is -0.369 e. The number of alkyl halides is 2. The molecule has 40 heavy (non-hydrogen) atoms. The first-order valence-electron chi connectivity index (χ1n) is 13.8. The molecular weight excluding hydrogens is 520 g/mol. The van der Waals surface area contributed by atoms with Gasteiger partial charge in [-0.2, -0.15) is 10.2 Å². The molecule has 2 atom stereocenters. The summed E-state index contributed by atoms with van der Waals surface area (Å²) in [5.74, 6) is -3.56. The van der Waals surface area contributed by atoms with Crippen LogP contribution in [-0.2, 0) is 4.79 Å². The minimum atomic E-state index is -2.72. The van der Waals surface area contributed by atoms with Crippen LogP contribution in [-0.4, -0.2) is 47.2 Å². The maximum Gasteiger partial charge on any atom is 0.270 e. The van der Waals surface area contributed by atoms with Crippen LogP contribution in [0.1, 0.15) is 98.9 Å². The van der Waals surface area contributed by atoms with E-state index in [-0.39, 0.29) is 54.9 Å². The highest BCUT2D eigenvalue weighted by molar-refractivity contribution is 5.92. The number of aromatic nitrogens is 5. The van der Waals surface area contributed by atoms with Crippen molar-refractivity contribution in [1.29, 1.82) is 0 Å². The predicted octanol–water partition coefficient (Wildman–Crippen LogP) is 4.02. The molecule has 0 unspecified atom stereocenters. The van der Waals surface area contributed by atoms with Crippen molar-refractivity contribution < 1.29 is 23.5 Å². The van der Waals surface area contributed by atoms with Crippen LogP contribution < -0.4 is 10.6 Å². The van der Waals surface area contributed by atoms with E-state index < -0.39 is 18.2 Å². The lowest BCUT2D eigenvalue weighted by Crippen LogP contribution is -2.44. The molecular formula is C28H33F2N7O3. The Balaban J connectivity index is 1.22. The predicted molar refractivity (Wildman–Crippen MR) is 140 cm³/mol. The van der Waals surface area contributed by atoms with Gasteiger partial charge in [0.1, 0.15) is 5.69 Å². The number of carbonyl (C=O) groups excluding carboxylic acids is 2. The Hall–Kier alpha value is -3.67.